The minimum Gasteiger partial charge on any atom is -0.351 e. The second-order valence-electron chi connectivity index (χ2n) is 6.75. The Morgan fingerprint density at radius 2 is 1.65 bits per heavy atom. The lowest BCUT2D eigenvalue weighted by Crippen LogP contribution is -2.45. The summed E-state index contributed by atoms with van der Waals surface area (Å²) >= 11 is 5.30. The van der Waals surface area contributed by atoms with Crippen molar-refractivity contribution in [2.75, 3.05) is 5.32 Å². The summed E-state index contributed by atoms with van der Waals surface area (Å²) in [5.74, 6) is -0.137. The minimum atomic E-state index is -0.282. The number of amides is 1. The van der Waals surface area contributed by atoms with Crippen LogP contribution in [0, 0.1) is 20.8 Å². The molecule has 0 radical (unpaired) electrons. The molecule has 0 fully saturated rings. The van der Waals surface area contributed by atoms with Crippen molar-refractivity contribution in [2.24, 2.45) is 0 Å². The van der Waals surface area contributed by atoms with Crippen molar-refractivity contribution < 1.29 is 4.79 Å². The number of benzene rings is 2. The number of carbonyl (C=O) groups is 1. The maximum absolute atomic E-state index is 13.1. The molecule has 0 saturated heterocycles. The summed E-state index contributed by atoms with van der Waals surface area (Å²) in [5.41, 5.74) is 6.60. The van der Waals surface area contributed by atoms with Crippen LogP contribution in [0.5, 0.6) is 0 Å². The van der Waals surface area contributed by atoms with Crippen LogP contribution in [0.1, 0.15) is 35.2 Å². The van der Waals surface area contributed by atoms with Crippen molar-refractivity contribution in [1.82, 2.24) is 10.6 Å². The number of anilines is 1. The van der Waals surface area contributed by atoms with Crippen LogP contribution in [0.25, 0.3) is 0 Å². The van der Waals surface area contributed by atoms with Crippen LogP contribution in [0.2, 0.25) is 0 Å². The van der Waals surface area contributed by atoms with E-state index >= 15 is 0 Å². The monoisotopic (exact) mass is 365 g/mol. The summed E-state index contributed by atoms with van der Waals surface area (Å²) in [6, 6.07) is 13.8. The molecule has 0 spiro atoms. The van der Waals surface area contributed by atoms with Crippen LogP contribution in [0.15, 0.2) is 53.7 Å². The fraction of sp³-hybridized carbons (Fsp3) is 0.238. The van der Waals surface area contributed by atoms with Gasteiger partial charge in [-0.3, -0.25) is 4.79 Å². The van der Waals surface area contributed by atoms with Gasteiger partial charge >= 0.3 is 0 Å². The average Bonchev–Trinajstić information content (AvgIpc) is 2.57. The zero-order valence-electron chi connectivity index (χ0n) is 15.4. The van der Waals surface area contributed by atoms with Crippen molar-refractivity contribution in [1.29, 1.82) is 0 Å². The number of hydrogen-bond acceptors (Lipinski definition) is 2. The summed E-state index contributed by atoms with van der Waals surface area (Å²) in [5, 5.41) is 9.86. The molecule has 1 heterocycles. The highest BCUT2D eigenvalue weighted by molar-refractivity contribution is 7.80. The van der Waals surface area contributed by atoms with Crippen molar-refractivity contribution in [2.45, 2.75) is 33.7 Å². The van der Waals surface area contributed by atoms with Crippen LogP contribution in [-0.4, -0.2) is 11.0 Å². The topological polar surface area (TPSA) is 53.2 Å². The molecule has 1 atom stereocenters. The maximum atomic E-state index is 13.1. The Morgan fingerprint density at radius 1 is 1.00 bits per heavy atom. The molecular weight excluding hydrogens is 342 g/mol. The summed E-state index contributed by atoms with van der Waals surface area (Å²) in [4.78, 5) is 13.1. The molecule has 0 bridgehead atoms. The Balaban J connectivity index is 1.95. The van der Waals surface area contributed by atoms with Gasteiger partial charge in [0.05, 0.1) is 11.6 Å². The minimum absolute atomic E-state index is 0.137. The summed E-state index contributed by atoms with van der Waals surface area (Å²) in [7, 11) is 0. The zero-order valence-corrected chi connectivity index (χ0v) is 16.3. The predicted octanol–water partition coefficient (Wildman–Crippen LogP) is 4.04. The number of carbonyl (C=O) groups excluding carboxylic acids is 1. The lowest BCUT2D eigenvalue weighted by Gasteiger charge is -2.30. The van der Waals surface area contributed by atoms with E-state index < -0.39 is 0 Å². The molecule has 134 valence electrons. The summed E-state index contributed by atoms with van der Waals surface area (Å²) in [6.45, 7) is 7.95. The number of nitrogens with one attached hydrogen (secondary N) is 3. The number of rotatable bonds is 3. The third kappa shape index (κ3) is 3.78. The maximum Gasteiger partial charge on any atom is 0.255 e. The highest BCUT2D eigenvalue weighted by Gasteiger charge is 2.30. The molecule has 4 nitrogen and oxygen atoms in total. The summed E-state index contributed by atoms with van der Waals surface area (Å²) in [6.07, 6.45) is 0. The Morgan fingerprint density at radius 3 is 2.31 bits per heavy atom. The zero-order chi connectivity index (χ0) is 18.8. The van der Waals surface area contributed by atoms with E-state index in [-0.39, 0.29) is 11.9 Å². The highest BCUT2D eigenvalue weighted by Crippen LogP contribution is 2.28. The van der Waals surface area contributed by atoms with E-state index in [2.05, 4.69) is 22.0 Å². The summed E-state index contributed by atoms with van der Waals surface area (Å²) < 4.78 is 0. The fourth-order valence-corrected chi connectivity index (χ4v) is 3.42. The van der Waals surface area contributed by atoms with Gasteiger partial charge in [0.15, 0.2) is 5.11 Å². The van der Waals surface area contributed by atoms with E-state index in [4.69, 9.17) is 12.2 Å². The van der Waals surface area contributed by atoms with Crippen LogP contribution in [0.3, 0.4) is 0 Å². The molecule has 2 aromatic rings. The molecule has 5 heteroatoms. The standard InChI is InChI=1S/C21H23N3OS/c1-12-5-8-16(9-6-12)19-18(15(4)22-21(26)24-19)20(25)23-17-10-7-13(2)11-14(17)3/h5-11,19H,1-4H3,(H,23,25)(H2,22,24,26)/t19-/m1/s1. The molecule has 3 rings (SSSR count). The number of thiocarbonyl (C=S) groups is 1. The molecule has 0 saturated carbocycles. The first-order valence-corrected chi connectivity index (χ1v) is 8.99. The number of allylic oxidation sites excluding steroid dienone is 1. The van der Waals surface area contributed by atoms with E-state index in [1.165, 1.54) is 11.1 Å². The predicted molar refractivity (Wildman–Crippen MR) is 110 cm³/mol. The Kier molecular flexibility index (Phi) is 5.09. The van der Waals surface area contributed by atoms with Gasteiger partial charge in [0, 0.05) is 11.4 Å². The molecule has 0 aliphatic carbocycles. The Bertz CT molecular complexity index is 900. The first kappa shape index (κ1) is 18.1. The van der Waals surface area contributed by atoms with Gasteiger partial charge < -0.3 is 16.0 Å². The number of hydrogen-bond donors (Lipinski definition) is 3. The first-order valence-electron chi connectivity index (χ1n) is 8.58. The lowest BCUT2D eigenvalue weighted by molar-refractivity contribution is -0.113. The second kappa shape index (κ2) is 7.30. The smallest absolute Gasteiger partial charge is 0.255 e. The highest BCUT2D eigenvalue weighted by atomic mass is 32.1. The molecular formula is C21H23N3OS. The molecule has 3 N–H and O–H groups in total. The molecule has 1 aliphatic rings. The third-order valence-corrected chi connectivity index (χ3v) is 4.77. The van der Waals surface area contributed by atoms with Crippen molar-refractivity contribution >= 4 is 28.9 Å². The van der Waals surface area contributed by atoms with Gasteiger partial charge in [-0.1, -0.05) is 47.5 Å². The first-order chi connectivity index (χ1) is 12.3. The van der Waals surface area contributed by atoms with Gasteiger partial charge in [-0.2, -0.15) is 0 Å². The van der Waals surface area contributed by atoms with E-state index in [9.17, 15) is 4.79 Å². The average molecular weight is 366 g/mol. The van der Waals surface area contributed by atoms with Crippen molar-refractivity contribution in [3.05, 3.63) is 76.0 Å². The van der Waals surface area contributed by atoms with Crippen molar-refractivity contribution in [3.63, 3.8) is 0 Å². The van der Waals surface area contributed by atoms with Gasteiger partial charge in [0.1, 0.15) is 0 Å². The van der Waals surface area contributed by atoms with Gasteiger partial charge in [-0.25, -0.2) is 0 Å². The third-order valence-electron chi connectivity index (χ3n) is 4.55. The second-order valence-corrected chi connectivity index (χ2v) is 7.16. The lowest BCUT2D eigenvalue weighted by atomic mass is 9.94. The largest absolute Gasteiger partial charge is 0.351 e. The fourth-order valence-electron chi connectivity index (χ4n) is 3.15. The van der Waals surface area contributed by atoms with E-state index in [0.29, 0.717) is 10.7 Å². The Labute approximate surface area is 159 Å². The van der Waals surface area contributed by atoms with Crippen molar-refractivity contribution in [3.8, 4) is 0 Å². The van der Waals surface area contributed by atoms with Crippen LogP contribution < -0.4 is 16.0 Å². The molecule has 0 aromatic heterocycles. The molecule has 1 amide bonds. The van der Waals surface area contributed by atoms with Crippen LogP contribution in [0.4, 0.5) is 5.69 Å². The number of aryl methyl sites for hydroxylation is 3. The molecule has 0 unspecified atom stereocenters. The Hall–Kier alpha value is -2.66. The normalized spacial score (nSPS) is 16.8. The van der Waals surface area contributed by atoms with E-state index in [1.807, 2.05) is 64.1 Å². The van der Waals surface area contributed by atoms with Crippen LogP contribution in [-0.2, 0) is 4.79 Å². The van der Waals surface area contributed by atoms with E-state index in [0.717, 1.165) is 22.5 Å². The van der Waals surface area contributed by atoms with Gasteiger partial charge in [0.25, 0.3) is 5.91 Å². The molecule has 1 aliphatic heterocycles. The quantitative estimate of drug-likeness (QED) is 0.719. The van der Waals surface area contributed by atoms with Crippen LogP contribution >= 0.6 is 12.2 Å². The molecule has 26 heavy (non-hydrogen) atoms. The SMILES string of the molecule is CC1=C(C(=O)Nc2ccc(C)cc2C)[C@@H](c2ccc(C)cc2)NC(=S)N1. The van der Waals surface area contributed by atoms with Gasteiger partial charge in [-0.05, 0) is 57.1 Å². The molecule has 2 aromatic carbocycles. The van der Waals surface area contributed by atoms with E-state index in [1.54, 1.807) is 0 Å². The van der Waals surface area contributed by atoms with Gasteiger partial charge in [-0.15, -0.1) is 0 Å². The van der Waals surface area contributed by atoms with Gasteiger partial charge in [0.2, 0.25) is 0 Å².